The van der Waals surface area contributed by atoms with Crippen molar-refractivity contribution in [2.24, 2.45) is 0 Å². The summed E-state index contributed by atoms with van der Waals surface area (Å²) in [6, 6.07) is 6.76. The number of aromatic nitrogens is 2. The highest BCUT2D eigenvalue weighted by Crippen LogP contribution is 2.28. The minimum Gasteiger partial charge on any atom is -0.379 e. The Morgan fingerprint density at radius 1 is 1.50 bits per heavy atom. The zero-order valence-electron chi connectivity index (χ0n) is 10.5. The Balaban J connectivity index is 2.12. The molecule has 1 unspecified atom stereocenters. The van der Waals surface area contributed by atoms with Gasteiger partial charge in [-0.05, 0) is 37.5 Å². The van der Waals surface area contributed by atoms with Crippen molar-refractivity contribution < 1.29 is 4.74 Å². The van der Waals surface area contributed by atoms with E-state index in [1.54, 1.807) is 0 Å². The zero-order valence-corrected chi connectivity index (χ0v) is 11.3. The van der Waals surface area contributed by atoms with Gasteiger partial charge in [0.15, 0.2) is 0 Å². The van der Waals surface area contributed by atoms with Gasteiger partial charge in [-0.2, -0.15) is 0 Å². The molecule has 1 aromatic carbocycles. The minimum absolute atomic E-state index is 0.375. The van der Waals surface area contributed by atoms with E-state index in [0.717, 1.165) is 37.4 Å². The quantitative estimate of drug-likeness (QED) is 0.777. The average Bonchev–Trinajstić information content (AvgIpc) is 2.77. The van der Waals surface area contributed by atoms with E-state index in [1.807, 2.05) is 0 Å². The number of alkyl halides is 1. The van der Waals surface area contributed by atoms with Crippen LogP contribution >= 0.6 is 11.6 Å². The molecular formula is C14H17ClN2O. The fourth-order valence-corrected chi connectivity index (χ4v) is 2.88. The van der Waals surface area contributed by atoms with Gasteiger partial charge in [0.25, 0.3) is 0 Å². The van der Waals surface area contributed by atoms with Crippen LogP contribution in [0.15, 0.2) is 18.2 Å². The molecule has 0 bridgehead atoms. The van der Waals surface area contributed by atoms with E-state index in [2.05, 4.69) is 34.7 Å². The molecule has 1 saturated heterocycles. The summed E-state index contributed by atoms with van der Waals surface area (Å²) >= 11 is 6.04. The number of halogens is 1. The van der Waals surface area contributed by atoms with Gasteiger partial charge in [-0.15, -0.1) is 11.6 Å². The lowest BCUT2D eigenvalue weighted by molar-refractivity contribution is 0.0597. The summed E-state index contributed by atoms with van der Waals surface area (Å²) in [6.07, 6.45) is 2.25. The molecule has 2 heterocycles. The first kappa shape index (κ1) is 12.0. The summed E-state index contributed by atoms with van der Waals surface area (Å²) < 4.78 is 7.85. The van der Waals surface area contributed by atoms with Crippen molar-refractivity contribution in [2.45, 2.75) is 31.7 Å². The lowest BCUT2D eigenvalue weighted by Crippen LogP contribution is -2.22. The van der Waals surface area contributed by atoms with E-state index in [1.165, 1.54) is 11.1 Å². The van der Waals surface area contributed by atoms with Crippen LogP contribution in [-0.2, 0) is 10.6 Å². The molecule has 0 N–H and O–H groups in total. The van der Waals surface area contributed by atoms with Gasteiger partial charge in [0.05, 0.1) is 29.6 Å². The minimum atomic E-state index is 0.375. The SMILES string of the molecule is Cc1ccc2c(c1)nc(CCl)n2C1CCCOC1. The molecule has 0 spiro atoms. The van der Waals surface area contributed by atoms with Crippen molar-refractivity contribution in [1.82, 2.24) is 9.55 Å². The Bertz CT molecular complexity index is 558. The first-order valence-electron chi connectivity index (χ1n) is 6.41. The monoisotopic (exact) mass is 264 g/mol. The van der Waals surface area contributed by atoms with Crippen LogP contribution < -0.4 is 0 Å². The number of benzene rings is 1. The molecule has 18 heavy (non-hydrogen) atoms. The second kappa shape index (κ2) is 4.90. The molecule has 1 atom stereocenters. The fourth-order valence-electron chi connectivity index (χ4n) is 2.69. The van der Waals surface area contributed by atoms with Crippen LogP contribution in [-0.4, -0.2) is 22.8 Å². The van der Waals surface area contributed by atoms with Crippen molar-refractivity contribution in [3.63, 3.8) is 0 Å². The van der Waals surface area contributed by atoms with Crippen molar-refractivity contribution >= 4 is 22.6 Å². The third-order valence-corrected chi connectivity index (χ3v) is 3.78. The fraction of sp³-hybridized carbons (Fsp3) is 0.500. The Labute approximate surface area is 112 Å². The molecule has 3 rings (SSSR count). The Kier molecular flexibility index (Phi) is 3.27. The van der Waals surface area contributed by atoms with Gasteiger partial charge < -0.3 is 9.30 Å². The molecule has 4 heteroatoms. The number of nitrogens with zero attached hydrogens (tertiary/aromatic N) is 2. The van der Waals surface area contributed by atoms with Crippen LogP contribution in [0.5, 0.6) is 0 Å². The predicted molar refractivity (Wildman–Crippen MR) is 73.1 cm³/mol. The summed E-state index contributed by atoms with van der Waals surface area (Å²) in [7, 11) is 0. The molecule has 0 amide bonds. The second-order valence-corrected chi connectivity index (χ2v) is 5.16. The Morgan fingerprint density at radius 2 is 2.39 bits per heavy atom. The van der Waals surface area contributed by atoms with Crippen LogP contribution in [0.25, 0.3) is 11.0 Å². The molecule has 96 valence electrons. The largest absolute Gasteiger partial charge is 0.379 e. The molecule has 0 saturated carbocycles. The van der Waals surface area contributed by atoms with Gasteiger partial charge >= 0.3 is 0 Å². The molecule has 2 aromatic rings. The molecule has 1 aromatic heterocycles. The molecule has 0 radical (unpaired) electrons. The van der Waals surface area contributed by atoms with Crippen molar-refractivity contribution in [3.05, 3.63) is 29.6 Å². The number of fused-ring (bicyclic) bond motifs is 1. The number of ether oxygens (including phenoxy) is 1. The maximum atomic E-state index is 6.04. The average molecular weight is 265 g/mol. The number of rotatable bonds is 2. The Hall–Kier alpha value is -1.06. The van der Waals surface area contributed by atoms with Gasteiger partial charge in [0, 0.05) is 6.61 Å². The smallest absolute Gasteiger partial charge is 0.125 e. The van der Waals surface area contributed by atoms with Gasteiger partial charge in [-0.25, -0.2) is 4.98 Å². The first-order chi connectivity index (χ1) is 8.79. The van der Waals surface area contributed by atoms with E-state index in [-0.39, 0.29) is 0 Å². The number of hydrogen-bond acceptors (Lipinski definition) is 2. The third-order valence-electron chi connectivity index (χ3n) is 3.54. The molecular weight excluding hydrogens is 248 g/mol. The van der Waals surface area contributed by atoms with Crippen molar-refractivity contribution in [2.75, 3.05) is 13.2 Å². The summed E-state index contributed by atoms with van der Waals surface area (Å²) in [6.45, 7) is 3.73. The lowest BCUT2D eigenvalue weighted by atomic mass is 10.1. The molecule has 1 fully saturated rings. The summed E-state index contributed by atoms with van der Waals surface area (Å²) in [5, 5.41) is 0. The molecule has 3 nitrogen and oxygen atoms in total. The normalized spacial score (nSPS) is 20.4. The van der Waals surface area contributed by atoms with E-state index in [4.69, 9.17) is 16.3 Å². The maximum absolute atomic E-state index is 6.04. The van der Waals surface area contributed by atoms with Crippen LogP contribution in [0.2, 0.25) is 0 Å². The van der Waals surface area contributed by atoms with Crippen LogP contribution in [0.1, 0.15) is 30.3 Å². The van der Waals surface area contributed by atoms with Gasteiger partial charge in [-0.3, -0.25) is 0 Å². The topological polar surface area (TPSA) is 27.1 Å². The van der Waals surface area contributed by atoms with Crippen LogP contribution in [0, 0.1) is 6.92 Å². The predicted octanol–water partition coefficient (Wildman–Crippen LogP) is 3.44. The first-order valence-corrected chi connectivity index (χ1v) is 6.94. The number of aryl methyl sites for hydroxylation is 1. The van der Waals surface area contributed by atoms with E-state index in [9.17, 15) is 0 Å². The van der Waals surface area contributed by atoms with Crippen molar-refractivity contribution in [3.8, 4) is 0 Å². The maximum Gasteiger partial charge on any atom is 0.125 e. The molecule has 0 aliphatic carbocycles. The molecule has 1 aliphatic rings. The highest BCUT2D eigenvalue weighted by atomic mass is 35.5. The highest BCUT2D eigenvalue weighted by molar-refractivity contribution is 6.16. The highest BCUT2D eigenvalue weighted by Gasteiger charge is 2.21. The van der Waals surface area contributed by atoms with Crippen LogP contribution in [0.3, 0.4) is 0 Å². The number of hydrogen-bond donors (Lipinski definition) is 0. The standard InChI is InChI=1S/C14H17ClN2O/c1-10-4-5-13-12(7-10)16-14(8-15)17(13)11-3-2-6-18-9-11/h4-5,7,11H,2-3,6,8-9H2,1H3. The van der Waals surface area contributed by atoms with Gasteiger partial charge in [0.1, 0.15) is 5.82 Å². The summed E-state index contributed by atoms with van der Waals surface area (Å²) in [4.78, 5) is 4.64. The van der Waals surface area contributed by atoms with E-state index in [0.29, 0.717) is 11.9 Å². The summed E-state index contributed by atoms with van der Waals surface area (Å²) in [5.74, 6) is 1.40. The number of imidazole rings is 1. The zero-order chi connectivity index (χ0) is 12.5. The molecule has 1 aliphatic heterocycles. The summed E-state index contributed by atoms with van der Waals surface area (Å²) in [5.41, 5.74) is 3.44. The van der Waals surface area contributed by atoms with E-state index < -0.39 is 0 Å². The second-order valence-electron chi connectivity index (χ2n) is 4.89. The Morgan fingerprint density at radius 3 is 3.11 bits per heavy atom. The van der Waals surface area contributed by atoms with Gasteiger partial charge in [0.2, 0.25) is 0 Å². The van der Waals surface area contributed by atoms with Crippen LogP contribution in [0.4, 0.5) is 0 Å². The third kappa shape index (κ3) is 2.02. The van der Waals surface area contributed by atoms with Gasteiger partial charge in [-0.1, -0.05) is 6.07 Å². The lowest BCUT2D eigenvalue weighted by Gasteiger charge is -2.25. The van der Waals surface area contributed by atoms with E-state index >= 15 is 0 Å². The van der Waals surface area contributed by atoms with Crippen molar-refractivity contribution in [1.29, 1.82) is 0 Å².